The number of unbranched alkanes of at least 4 members (excludes halogenated alkanes) is 3. The van der Waals surface area contributed by atoms with Crippen molar-refractivity contribution >= 4 is 23.6 Å². The largest absolute Gasteiger partial charge is 0.491 e. The molecule has 2 aromatic rings. The average molecular weight is 520 g/mol. The topological polar surface area (TPSA) is 98.1 Å². The number of nitrogens with zero attached hydrogens (tertiary/aromatic N) is 3. The molecule has 0 unspecified atom stereocenters. The number of nitrogens with one attached hydrogen (secondary N) is 2. The Morgan fingerprint density at radius 2 is 1.89 bits per heavy atom. The molecule has 13 heteroatoms. The first-order chi connectivity index (χ1) is 16.7. The molecule has 0 saturated carbocycles. The summed E-state index contributed by atoms with van der Waals surface area (Å²) >= 11 is 1.69. The lowest BCUT2D eigenvalue weighted by atomic mass is 10.1. The van der Waals surface area contributed by atoms with Crippen molar-refractivity contribution in [1.29, 1.82) is 0 Å². The molecule has 0 bridgehead atoms. The highest BCUT2D eigenvalue weighted by Gasteiger charge is 2.28. The predicted octanol–water partition coefficient (Wildman–Crippen LogP) is 3.95. The second-order valence-corrected chi connectivity index (χ2v) is 8.83. The van der Waals surface area contributed by atoms with Gasteiger partial charge in [0.25, 0.3) is 11.8 Å². The van der Waals surface area contributed by atoms with E-state index in [2.05, 4.69) is 15.6 Å². The van der Waals surface area contributed by atoms with Crippen molar-refractivity contribution in [2.45, 2.75) is 38.8 Å². The number of benzene rings is 1. The number of ether oxygens (including phenoxy) is 1. The van der Waals surface area contributed by atoms with Crippen molar-refractivity contribution in [2.24, 2.45) is 0 Å². The minimum atomic E-state index is -4.54. The summed E-state index contributed by atoms with van der Waals surface area (Å²) < 4.78 is 56.7. The van der Waals surface area contributed by atoms with Gasteiger partial charge in [-0.25, -0.2) is 4.68 Å². The molecule has 0 saturated heterocycles. The fourth-order valence-corrected chi connectivity index (χ4v) is 3.47. The second-order valence-electron chi connectivity index (χ2n) is 7.43. The van der Waals surface area contributed by atoms with Gasteiger partial charge in [0.1, 0.15) is 18.0 Å². The van der Waals surface area contributed by atoms with Crippen LogP contribution in [0.2, 0.25) is 0 Å². The lowest BCUT2D eigenvalue weighted by Crippen LogP contribution is -2.33. The minimum Gasteiger partial charge on any atom is -0.491 e. The molecule has 0 aliphatic rings. The molecular formula is C22H29F4N5O3S. The minimum absolute atomic E-state index is 0.0306. The first kappa shape index (κ1) is 28.4. The van der Waals surface area contributed by atoms with Gasteiger partial charge in [0, 0.05) is 17.9 Å². The lowest BCUT2D eigenvalue weighted by Gasteiger charge is -2.14. The van der Waals surface area contributed by atoms with Gasteiger partial charge < -0.3 is 15.4 Å². The summed E-state index contributed by atoms with van der Waals surface area (Å²) in [5, 5.41) is 12.4. The van der Waals surface area contributed by atoms with Crippen LogP contribution in [0.3, 0.4) is 0 Å². The highest BCUT2D eigenvalue weighted by molar-refractivity contribution is 7.99. The molecule has 2 rings (SSSR count). The van der Waals surface area contributed by atoms with E-state index in [4.69, 9.17) is 4.74 Å². The van der Waals surface area contributed by atoms with E-state index in [1.807, 2.05) is 12.2 Å². The Balaban J connectivity index is 2.16. The number of carbonyl (C=O) groups is 2. The molecule has 8 nitrogen and oxygen atoms in total. The van der Waals surface area contributed by atoms with Crippen LogP contribution in [0.4, 0.5) is 17.6 Å². The fraction of sp³-hybridized carbons (Fsp3) is 0.545. The van der Waals surface area contributed by atoms with E-state index in [0.717, 1.165) is 17.9 Å². The third-order valence-corrected chi connectivity index (χ3v) is 5.57. The summed E-state index contributed by atoms with van der Waals surface area (Å²) in [7, 11) is 0. The van der Waals surface area contributed by atoms with Crippen LogP contribution in [0.5, 0.6) is 5.75 Å². The lowest BCUT2D eigenvalue weighted by molar-refractivity contribution is -0.123. The van der Waals surface area contributed by atoms with Gasteiger partial charge in [0.05, 0.1) is 19.5 Å². The van der Waals surface area contributed by atoms with Crippen molar-refractivity contribution in [2.75, 3.05) is 37.9 Å². The molecule has 0 spiro atoms. The molecule has 1 heterocycles. The van der Waals surface area contributed by atoms with Crippen LogP contribution < -0.4 is 15.4 Å². The Bertz CT molecular complexity index is 955. The zero-order valence-corrected chi connectivity index (χ0v) is 20.2. The molecule has 0 aliphatic carbocycles. The van der Waals surface area contributed by atoms with Gasteiger partial charge in [-0.15, -0.1) is 5.10 Å². The van der Waals surface area contributed by atoms with Gasteiger partial charge in [0.15, 0.2) is 5.69 Å². The molecule has 0 fully saturated rings. The number of aromatic nitrogens is 3. The fourth-order valence-electron chi connectivity index (χ4n) is 2.93. The molecule has 194 valence electrons. The first-order valence-corrected chi connectivity index (χ1v) is 12.4. The van der Waals surface area contributed by atoms with E-state index in [-0.39, 0.29) is 30.3 Å². The number of amides is 2. The van der Waals surface area contributed by atoms with Crippen LogP contribution >= 0.6 is 11.8 Å². The van der Waals surface area contributed by atoms with E-state index >= 15 is 0 Å². The molecule has 0 radical (unpaired) electrons. The Morgan fingerprint density at radius 1 is 1.11 bits per heavy atom. The smallest absolute Gasteiger partial charge is 0.405 e. The highest BCUT2D eigenvalue weighted by atomic mass is 32.2. The Morgan fingerprint density at radius 3 is 2.60 bits per heavy atom. The average Bonchev–Trinajstić information content (AvgIpc) is 3.32. The van der Waals surface area contributed by atoms with E-state index in [9.17, 15) is 27.2 Å². The predicted molar refractivity (Wildman–Crippen MR) is 125 cm³/mol. The van der Waals surface area contributed by atoms with Crippen molar-refractivity contribution in [3.63, 3.8) is 0 Å². The normalized spacial score (nSPS) is 11.3. The van der Waals surface area contributed by atoms with E-state index in [1.54, 1.807) is 11.8 Å². The summed E-state index contributed by atoms with van der Waals surface area (Å²) in [5.74, 6) is 0.579. The van der Waals surface area contributed by atoms with Crippen molar-refractivity contribution in [3.05, 3.63) is 35.7 Å². The second kappa shape index (κ2) is 14.5. The highest BCUT2D eigenvalue weighted by Crippen LogP contribution is 2.25. The van der Waals surface area contributed by atoms with Gasteiger partial charge >= 0.3 is 6.18 Å². The van der Waals surface area contributed by atoms with Gasteiger partial charge in [0.2, 0.25) is 0 Å². The molecular weight excluding hydrogens is 490 g/mol. The van der Waals surface area contributed by atoms with Crippen molar-refractivity contribution < 1.29 is 31.9 Å². The van der Waals surface area contributed by atoms with Crippen molar-refractivity contribution in [3.8, 4) is 11.4 Å². The van der Waals surface area contributed by atoms with Gasteiger partial charge in [-0.1, -0.05) is 18.6 Å². The van der Waals surface area contributed by atoms with E-state index < -0.39 is 24.5 Å². The van der Waals surface area contributed by atoms with Crippen LogP contribution in [0.1, 0.15) is 53.5 Å². The van der Waals surface area contributed by atoms with E-state index in [1.165, 1.54) is 29.1 Å². The number of carbonyl (C=O) groups excluding carboxylic acids is 2. The zero-order chi connectivity index (χ0) is 25.7. The van der Waals surface area contributed by atoms with Gasteiger partial charge in [-0.2, -0.15) is 24.9 Å². The molecule has 0 aliphatic heterocycles. The molecule has 2 N–H and O–H groups in total. The molecule has 2 amide bonds. The van der Waals surface area contributed by atoms with Gasteiger partial charge in [-0.05, 0) is 43.2 Å². The van der Waals surface area contributed by atoms with Crippen LogP contribution in [-0.4, -0.2) is 70.9 Å². The van der Waals surface area contributed by atoms with Crippen molar-refractivity contribution in [1.82, 2.24) is 25.6 Å². The summed E-state index contributed by atoms with van der Waals surface area (Å²) in [6.07, 6.45) is -0.637. The zero-order valence-electron chi connectivity index (χ0n) is 19.4. The summed E-state index contributed by atoms with van der Waals surface area (Å²) in [4.78, 5) is 24.5. The number of hydrogen-bond donors (Lipinski definition) is 2. The maximum Gasteiger partial charge on any atom is 0.405 e. The summed E-state index contributed by atoms with van der Waals surface area (Å²) in [6, 6.07) is 4.10. The number of hydrogen-bond acceptors (Lipinski definition) is 6. The number of rotatable bonds is 15. The SMILES string of the molecule is CCSCCNC(=O)c1cn(-c2ccc(C(=O)NCC(F)(F)F)cc2OCCCCCCF)nn1. The van der Waals surface area contributed by atoms with Crippen LogP contribution in [0.15, 0.2) is 24.4 Å². The van der Waals surface area contributed by atoms with Gasteiger partial charge in [-0.3, -0.25) is 14.0 Å². The maximum atomic E-state index is 12.5. The monoisotopic (exact) mass is 519 g/mol. The maximum absolute atomic E-state index is 12.5. The molecule has 1 aromatic carbocycles. The number of halogens is 4. The summed E-state index contributed by atoms with van der Waals surface area (Å²) in [6.45, 7) is 0.885. The molecule has 35 heavy (non-hydrogen) atoms. The third-order valence-electron chi connectivity index (χ3n) is 4.67. The quantitative estimate of drug-likeness (QED) is 0.273. The van der Waals surface area contributed by atoms with E-state index in [0.29, 0.717) is 31.5 Å². The first-order valence-electron chi connectivity index (χ1n) is 11.2. The van der Waals surface area contributed by atoms with Crippen LogP contribution in [0.25, 0.3) is 5.69 Å². The Hall–Kier alpha value is -2.83. The third kappa shape index (κ3) is 10.1. The van der Waals surface area contributed by atoms with Crippen LogP contribution in [-0.2, 0) is 0 Å². The standard InChI is InChI=1S/C22H29F4N5O3S/c1-2-35-12-10-27-21(33)17-14-31(30-29-17)18-8-7-16(20(32)28-15-22(24,25)26)13-19(18)34-11-6-4-3-5-9-23/h7-8,13-14H,2-6,9-12,15H2,1H3,(H,27,33)(H,28,32). The molecule has 0 atom stereocenters. The summed E-state index contributed by atoms with van der Waals surface area (Å²) in [5.41, 5.74) is 0.404. The molecule has 1 aromatic heterocycles. The van der Waals surface area contributed by atoms with Crippen LogP contribution in [0, 0.1) is 0 Å². The number of thioether (sulfide) groups is 1. The number of alkyl halides is 4. The Labute approximate surface area is 205 Å². The Kier molecular flexibility index (Phi) is 11.8.